The molecule has 4 N–H and O–H groups in total. The van der Waals surface area contributed by atoms with Crippen molar-refractivity contribution in [3.05, 3.63) is 23.8 Å². The van der Waals surface area contributed by atoms with Crippen molar-refractivity contribution in [1.29, 1.82) is 0 Å². The summed E-state index contributed by atoms with van der Waals surface area (Å²) in [7, 11) is 0. The number of benzene rings is 1. The van der Waals surface area contributed by atoms with Crippen LogP contribution in [-0.2, 0) is 0 Å². The Labute approximate surface area is 133 Å². The van der Waals surface area contributed by atoms with Crippen LogP contribution in [0.1, 0.15) is 44.1 Å². The number of rotatable bonds is 11. The summed E-state index contributed by atoms with van der Waals surface area (Å²) in [5, 5.41) is 20.4. The Kier molecular flexibility index (Phi) is 9.82. The van der Waals surface area contributed by atoms with Crippen molar-refractivity contribution in [3.8, 4) is 0 Å². The fourth-order valence-corrected chi connectivity index (χ4v) is 7.89. The van der Waals surface area contributed by atoms with Crippen LogP contribution in [0.25, 0.3) is 0 Å². The van der Waals surface area contributed by atoms with Crippen molar-refractivity contribution in [1.82, 2.24) is 0 Å². The van der Waals surface area contributed by atoms with E-state index in [9.17, 15) is 0 Å². The van der Waals surface area contributed by atoms with E-state index in [-0.39, 0.29) is 0 Å². The first kappa shape index (κ1) is 18.5. The van der Waals surface area contributed by atoms with Crippen molar-refractivity contribution < 1.29 is 10.2 Å². The summed E-state index contributed by atoms with van der Waals surface area (Å²) in [6.07, 6.45) is 6.56. The van der Waals surface area contributed by atoms with E-state index in [0.29, 0.717) is 13.2 Å². The zero-order chi connectivity index (χ0) is 15.5. The van der Waals surface area contributed by atoms with Crippen LogP contribution in [0.15, 0.2) is 18.2 Å². The van der Waals surface area contributed by atoms with Gasteiger partial charge in [-0.2, -0.15) is 0 Å². The zero-order valence-electron chi connectivity index (χ0n) is 13.2. The van der Waals surface area contributed by atoms with Crippen LogP contribution in [-0.4, -0.2) is 38.1 Å². The second-order valence-electron chi connectivity index (χ2n) is 5.60. The number of anilines is 1. The third kappa shape index (κ3) is 7.35. The molecule has 0 atom stereocenters. The average Bonchev–Trinajstić information content (AvgIpc) is 2.48. The van der Waals surface area contributed by atoms with Gasteiger partial charge in [-0.05, 0) is 0 Å². The van der Waals surface area contributed by atoms with Crippen molar-refractivity contribution in [2.24, 2.45) is 0 Å². The van der Waals surface area contributed by atoms with Gasteiger partial charge in [0.1, 0.15) is 0 Å². The first-order valence-corrected chi connectivity index (χ1v) is 11.6. The molecule has 1 aromatic rings. The number of aliphatic hydroxyl groups excluding tert-OH is 2. The van der Waals surface area contributed by atoms with Crippen LogP contribution in [0.5, 0.6) is 0 Å². The summed E-state index contributed by atoms with van der Waals surface area (Å²) < 4.78 is 1.53. The molecule has 0 heterocycles. The Balaban J connectivity index is 2.58. The summed E-state index contributed by atoms with van der Waals surface area (Å²) in [4.78, 5) is 0. The van der Waals surface area contributed by atoms with E-state index in [4.69, 9.17) is 15.9 Å². The maximum atomic E-state index is 8.89. The summed E-state index contributed by atoms with van der Waals surface area (Å²) >= 11 is -1.02. The third-order valence-corrected chi connectivity index (χ3v) is 9.50. The molecule has 3 nitrogen and oxygen atoms in total. The first-order valence-electron chi connectivity index (χ1n) is 8.02. The fourth-order valence-electron chi connectivity index (χ4n) is 2.41. The van der Waals surface area contributed by atoms with Gasteiger partial charge in [-0.25, -0.2) is 0 Å². The molecule has 0 aromatic heterocycles. The monoisotopic (exact) mass is 355 g/mol. The van der Waals surface area contributed by atoms with Gasteiger partial charge < -0.3 is 0 Å². The van der Waals surface area contributed by atoms with E-state index < -0.39 is 14.7 Å². The van der Waals surface area contributed by atoms with E-state index in [0.717, 1.165) is 31.4 Å². The molecule has 21 heavy (non-hydrogen) atoms. The second-order valence-corrected chi connectivity index (χ2v) is 10.8. The molecular formula is C17H30AsNO2. The number of hydrogen-bond donors (Lipinski definition) is 3. The number of nitrogen functional groups attached to an aromatic ring is 1. The van der Waals surface area contributed by atoms with E-state index in [2.05, 4.69) is 19.1 Å². The van der Waals surface area contributed by atoms with Crippen LogP contribution < -0.4 is 10.1 Å². The first-order chi connectivity index (χ1) is 10.2. The summed E-state index contributed by atoms with van der Waals surface area (Å²) in [5.41, 5.74) is 8.00. The van der Waals surface area contributed by atoms with Gasteiger partial charge in [0.15, 0.2) is 0 Å². The normalized spacial score (nSPS) is 11.2. The second kappa shape index (κ2) is 11.1. The molecule has 0 bridgehead atoms. The minimum absolute atomic E-state index is 0.310. The van der Waals surface area contributed by atoms with Crippen LogP contribution in [0.2, 0.25) is 10.4 Å². The minimum atomic E-state index is -1.02. The van der Waals surface area contributed by atoms with Crippen molar-refractivity contribution in [2.45, 2.75) is 55.9 Å². The Hall–Kier alpha value is -0.502. The molecule has 0 aliphatic heterocycles. The zero-order valence-corrected chi connectivity index (χ0v) is 15.1. The summed E-state index contributed by atoms with van der Waals surface area (Å²) in [5.74, 6) is 0. The topological polar surface area (TPSA) is 66.5 Å². The van der Waals surface area contributed by atoms with Gasteiger partial charge >= 0.3 is 133 Å². The molecule has 0 fully saturated rings. The molecule has 0 saturated heterocycles. The van der Waals surface area contributed by atoms with E-state index in [1.54, 1.807) is 0 Å². The molecule has 0 aliphatic carbocycles. The fraction of sp³-hybridized carbons (Fsp3) is 0.647. The van der Waals surface area contributed by atoms with Crippen molar-refractivity contribution in [3.63, 3.8) is 0 Å². The van der Waals surface area contributed by atoms with Gasteiger partial charge in [0.2, 0.25) is 0 Å². The van der Waals surface area contributed by atoms with E-state index in [1.165, 1.54) is 33.2 Å². The van der Waals surface area contributed by atoms with Crippen LogP contribution >= 0.6 is 0 Å². The van der Waals surface area contributed by atoms with Crippen molar-refractivity contribution >= 4 is 24.7 Å². The van der Waals surface area contributed by atoms with Crippen LogP contribution in [0.3, 0.4) is 0 Å². The SMILES string of the molecule is Cc1cc([As](CCCCCO)CCCCCO)ccc1N. The van der Waals surface area contributed by atoms with Crippen molar-refractivity contribution in [2.75, 3.05) is 18.9 Å². The molecule has 4 heteroatoms. The maximum absolute atomic E-state index is 8.89. The predicted octanol–water partition coefficient (Wildman–Crippen LogP) is 2.60. The molecule has 1 rings (SSSR count). The molecule has 0 spiro atoms. The van der Waals surface area contributed by atoms with Gasteiger partial charge in [0, 0.05) is 0 Å². The van der Waals surface area contributed by atoms with Gasteiger partial charge in [-0.15, -0.1) is 0 Å². The van der Waals surface area contributed by atoms with E-state index >= 15 is 0 Å². The predicted molar refractivity (Wildman–Crippen MR) is 92.5 cm³/mol. The Morgan fingerprint density at radius 2 is 1.48 bits per heavy atom. The Morgan fingerprint density at radius 1 is 0.905 bits per heavy atom. The Bertz CT molecular complexity index is 386. The Morgan fingerprint density at radius 3 is 1.95 bits per heavy atom. The van der Waals surface area contributed by atoms with Crippen LogP contribution in [0.4, 0.5) is 5.69 Å². The molecule has 0 aliphatic rings. The third-order valence-electron chi connectivity index (χ3n) is 3.79. The van der Waals surface area contributed by atoms with Crippen LogP contribution in [0, 0.1) is 6.92 Å². The molecule has 0 unspecified atom stereocenters. The average molecular weight is 355 g/mol. The number of aryl methyl sites for hydroxylation is 1. The quantitative estimate of drug-likeness (QED) is 0.325. The summed E-state index contributed by atoms with van der Waals surface area (Å²) in [6.45, 7) is 2.71. The van der Waals surface area contributed by atoms with Gasteiger partial charge in [-0.1, -0.05) is 0 Å². The molecule has 0 radical (unpaired) electrons. The summed E-state index contributed by atoms with van der Waals surface area (Å²) in [6, 6.07) is 6.56. The number of hydrogen-bond acceptors (Lipinski definition) is 3. The number of nitrogens with two attached hydrogens (primary N) is 1. The molecule has 1 aromatic carbocycles. The molecule has 0 saturated carbocycles. The molecular weight excluding hydrogens is 325 g/mol. The standard InChI is InChI=1S/C17H30AsNO2/c1-15-14-16(8-9-17(15)19)18(10-4-2-6-12-20)11-5-3-7-13-21/h8-9,14,20-21H,2-7,10-13,19H2,1H3. The number of aliphatic hydroxyl groups is 2. The van der Waals surface area contributed by atoms with E-state index in [1.807, 2.05) is 6.07 Å². The van der Waals surface area contributed by atoms with Gasteiger partial charge in [0.25, 0.3) is 0 Å². The van der Waals surface area contributed by atoms with Gasteiger partial charge in [0.05, 0.1) is 0 Å². The number of unbranched alkanes of at least 4 members (excludes halogenated alkanes) is 4. The van der Waals surface area contributed by atoms with Gasteiger partial charge in [-0.3, -0.25) is 0 Å². The molecule has 0 amide bonds. The molecule has 120 valence electrons.